The largest absolute Gasteiger partial charge is 0.349 e. The summed E-state index contributed by atoms with van der Waals surface area (Å²) in [4.78, 5) is 35.4. The number of carbonyl (C=O) groups excluding carboxylic acids is 1. The van der Waals surface area contributed by atoms with Gasteiger partial charge in [-0.15, -0.1) is 0 Å². The fourth-order valence-electron chi connectivity index (χ4n) is 5.65. The molecule has 4 heterocycles. The highest BCUT2D eigenvalue weighted by Gasteiger charge is 2.26. The summed E-state index contributed by atoms with van der Waals surface area (Å²) in [6, 6.07) is 13.5. The van der Waals surface area contributed by atoms with Crippen molar-refractivity contribution in [3.63, 3.8) is 0 Å². The van der Waals surface area contributed by atoms with Gasteiger partial charge in [-0.3, -0.25) is 28.6 Å². The zero-order valence-electron chi connectivity index (χ0n) is 22.4. The Hall–Kier alpha value is -4.24. The molecule has 1 saturated carbocycles. The number of fused-ring (bicyclic) bond motifs is 1. The molecule has 4 aromatic heterocycles. The second-order valence-corrected chi connectivity index (χ2v) is 10.9. The van der Waals surface area contributed by atoms with E-state index in [0.717, 1.165) is 53.7 Å². The maximum atomic E-state index is 13.9. The Morgan fingerprint density at radius 2 is 1.82 bits per heavy atom. The topological polar surface area (TPSA) is 99.6 Å². The lowest BCUT2D eigenvalue weighted by atomic mass is 9.85. The molecule has 1 amide bonds. The SMILES string of the molecule is Cc1ncc(Cl)cc1C(=O)NC1CCC(Cn2c(=O)n(-c3ccnc(-c4cnn(C)c4)c3)c3ccccc32)CC1. The number of halogens is 1. The molecule has 0 atom stereocenters. The molecule has 0 saturated heterocycles. The van der Waals surface area contributed by atoms with Crippen molar-refractivity contribution in [2.45, 2.75) is 45.2 Å². The van der Waals surface area contributed by atoms with Crippen LogP contribution >= 0.6 is 11.6 Å². The Morgan fingerprint density at radius 1 is 1.05 bits per heavy atom. The summed E-state index contributed by atoms with van der Waals surface area (Å²) < 4.78 is 5.39. The summed E-state index contributed by atoms with van der Waals surface area (Å²) in [5, 5.41) is 7.85. The number of benzene rings is 1. The standard InChI is InChI=1S/C30H30ClN7O2/c1-19-25(13-22(31)16-33-19)29(39)35-23-9-7-20(8-10-23)17-37-27-5-3-4-6-28(27)38(30(37)40)24-11-12-32-26(14-24)21-15-34-36(2)18-21/h3-6,11-16,18,20,23H,7-10,17H2,1-2H3,(H,35,39). The van der Waals surface area contributed by atoms with Gasteiger partial charge >= 0.3 is 5.69 Å². The van der Waals surface area contributed by atoms with Crippen LogP contribution in [0.15, 0.2) is 72.0 Å². The number of hydrogen-bond donors (Lipinski definition) is 1. The van der Waals surface area contributed by atoms with E-state index in [0.29, 0.717) is 28.7 Å². The highest BCUT2D eigenvalue weighted by Crippen LogP contribution is 2.28. The van der Waals surface area contributed by atoms with Gasteiger partial charge in [0.25, 0.3) is 5.91 Å². The molecule has 1 aromatic carbocycles. The van der Waals surface area contributed by atoms with Crippen molar-refractivity contribution >= 4 is 28.5 Å². The molecule has 1 N–H and O–H groups in total. The van der Waals surface area contributed by atoms with Crippen molar-refractivity contribution in [1.82, 2.24) is 34.2 Å². The van der Waals surface area contributed by atoms with Gasteiger partial charge in [0.15, 0.2) is 0 Å². The monoisotopic (exact) mass is 555 g/mol. The van der Waals surface area contributed by atoms with Crippen LogP contribution in [-0.2, 0) is 13.6 Å². The minimum absolute atomic E-state index is 0.0658. The molecule has 0 spiro atoms. The van der Waals surface area contributed by atoms with Crippen molar-refractivity contribution in [3.8, 4) is 16.9 Å². The molecule has 1 fully saturated rings. The Kier molecular flexibility index (Phi) is 6.98. The number of aromatic nitrogens is 6. The van der Waals surface area contributed by atoms with Gasteiger partial charge in [0.2, 0.25) is 0 Å². The number of nitrogens with zero attached hydrogens (tertiary/aromatic N) is 6. The first-order valence-corrected chi connectivity index (χ1v) is 13.8. The summed E-state index contributed by atoms with van der Waals surface area (Å²) in [6.07, 6.45) is 10.5. The van der Waals surface area contributed by atoms with Crippen LogP contribution in [-0.4, -0.2) is 40.8 Å². The van der Waals surface area contributed by atoms with Gasteiger partial charge in [-0.25, -0.2) is 4.79 Å². The highest BCUT2D eigenvalue weighted by molar-refractivity contribution is 6.30. The first-order valence-electron chi connectivity index (χ1n) is 13.5. The van der Waals surface area contributed by atoms with E-state index >= 15 is 0 Å². The van der Waals surface area contributed by atoms with Crippen molar-refractivity contribution < 1.29 is 4.79 Å². The van der Waals surface area contributed by atoms with E-state index in [9.17, 15) is 9.59 Å². The van der Waals surface area contributed by atoms with Crippen molar-refractivity contribution in [2.24, 2.45) is 13.0 Å². The minimum atomic E-state index is -0.141. The van der Waals surface area contributed by atoms with Crippen LogP contribution in [0, 0.1) is 12.8 Å². The van der Waals surface area contributed by atoms with Crippen molar-refractivity contribution in [2.75, 3.05) is 0 Å². The Morgan fingerprint density at radius 3 is 2.58 bits per heavy atom. The summed E-state index contributed by atoms with van der Waals surface area (Å²) >= 11 is 6.05. The average Bonchev–Trinajstić information content (AvgIpc) is 3.52. The third-order valence-corrected chi connectivity index (χ3v) is 7.97. The van der Waals surface area contributed by atoms with E-state index in [4.69, 9.17) is 11.6 Å². The average molecular weight is 556 g/mol. The van der Waals surface area contributed by atoms with Crippen LogP contribution < -0.4 is 11.0 Å². The van der Waals surface area contributed by atoms with Crippen LogP contribution in [0.3, 0.4) is 0 Å². The van der Waals surface area contributed by atoms with Gasteiger partial charge in [0, 0.05) is 43.8 Å². The van der Waals surface area contributed by atoms with Gasteiger partial charge in [-0.05, 0) is 68.9 Å². The summed E-state index contributed by atoms with van der Waals surface area (Å²) in [6.45, 7) is 2.44. The van der Waals surface area contributed by atoms with Crippen molar-refractivity contribution in [1.29, 1.82) is 0 Å². The fraction of sp³-hybridized carbons (Fsp3) is 0.300. The summed E-state index contributed by atoms with van der Waals surface area (Å²) in [7, 11) is 1.87. The minimum Gasteiger partial charge on any atom is -0.349 e. The lowest BCUT2D eigenvalue weighted by Crippen LogP contribution is -2.39. The Bertz CT molecular complexity index is 1760. The molecule has 204 valence electrons. The third kappa shape index (κ3) is 5.04. The first-order chi connectivity index (χ1) is 19.4. The van der Waals surface area contributed by atoms with Crippen LogP contribution in [0.25, 0.3) is 28.0 Å². The van der Waals surface area contributed by atoms with E-state index in [1.54, 1.807) is 33.9 Å². The number of hydrogen-bond acceptors (Lipinski definition) is 5. The fourth-order valence-corrected chi connectivity index (χ4v) is 5.81. The van der Waals surface area contributed by atoms with Gasteiger partial charge in [-0.2, -0.15) is 5.10 Å². The third-order valence-electron chi connectivity index (χ3n) is 7.76. The van der Waals surface area contributed by atoms with E-state index < -0.39 is 0 Å². The molecule has 6 rings (SSSR count). The number of para-hydroxylation sites is 2. The van der Waals surface area contributed by atoms with Crippen LogP contribution in [0.4, 0.5) is 0 Å². The normalized spacial score (nSPS) is 17.3. The summed E-state index contributed by atoms with van der Waals surface area (Å²) in [5.74, 6) is 0.196. The van der Waals surface area contributed by atoms with Crippen LogP contribution in [0.5, 0.6) is 0 Å². The van der Waals surface area contributed by atoms with Crippen molar-refractivity contribution in [3.05, 3.63) is 94.0 Å². The van der Waals surface area contributed by atoms with Crippen LogP contribution in [0.1, 0.15) is 41.7 Å². The molecular weight excluding hydrogens is 526 g/mol. The molecule has 1 aliphatic rings. The number of nitrogens with one attached hydrogen (secondary N) is 1. The maximum absolute atomic E-state index is 13.9. The molecule has 0 bridgehead atoms. The lowest BCUT2D eigenvalue weighted by molar-refractivity contribution is 0.0919. The number of amides is 1. The zero-order chi connectivity index (χ0) is 27.8. The lowest BCUT2D eigenvalue weighted by Gasteiger charge is -2.29. The highest BCUT2D eigenvalue weighted by atomic mass is 35.5. The zero-order valence-corrected chi connectivity index (χ0v) is 23.2. The molecule has 10 heteroatoms. The second kappa shape index (κ2) is 10.7. The second-order valence-electron chi connectivity index (χ2n) is 10.5. The van der Waals surface area contributed by atoms with E-state index in [-0.39, 0.29) is 17.6 Å². The van der Waals surface area contributed by atoms with E-state index in [2.05, 4.69) is 20.4 Å². The maximum Gasteiger partial charge on any atom is 0.333 e. The molecule has 1 aliphatic carbocycles. The Balaban J connectivity index is 1.20. The number of rotatable bonds is 6. The first kappa shape index (κ1) is 26.0. The number of pyridine rings is 2. The molecule has 0 radical (unpaired) electrons. The van der Waals surface area contributed by atoms with E-state index in [1.165, 1.54) is 0 Å². The van der Waals surface area contributed by atoms with Crippen LogP contribution in [0.2, 0.25) is 5.02 Å². The molecule has 0 aliphatic heterocycles. The predicted molar refractivity (Wildman–Crippen MR) is 155 cm³/mol. The number of imidazole rings is 1. The molecule has 5 aromatic rings. The number of aryl methyl sites for hydroxylation is 2. The van der Waals surface area contributed by atoms with Gasteiger partial charge in [0.1, 0.15) is 0 Å². The molecular formula is C30H30ClN7O2. The Labute approximate surface area is 236 Å². The smallest absolute Gasteiger partial charge is 0.333 e. The van der Waals surface area contributed by atoms with Gasteiger partial charge in [0.05, 0.1) is 44.9 Å². The van der Waals surface area contributed by atoms with Gasteiger partial charge in [-0.1, -0.05) is 23.7 Å². The molecule has 9 nitrogen and oxygen atoms in total. The predicted octanol–water partition coefficient (Wildman–Crippen LogP) is 4.93. The van der Waals surface area contributed by atoms with Gasteiger partial charge < -0.3 is 5.32 Å². The summed E-state index contributed by atoms with van der Waals surface area (Å²) in [5.41, 5.74) is 5.30. The molecule has 40 heavy (non-hydrogen) atoms. The number of carbonyl (C=O) groups is 1. The van der Waals surface area contributed by atoms with E-state index in [1.807, 2.05) is 61.1 Å². The molecule has 0 unspecified atom stereocenters. The quantitative estimate of drug-likeness (QED) is 0.320.